The number of hydrogen-bond donors (Lipinski definition) is 1. The van der Waals surface area contributed by atoms with Gasteiger partial charge in [0.05, 0.1) is 12.7 Å². The van der Waals surface area contributed by atoms with Crippen LogP contribution in [0, 0.1) is 0 Å². The van der Waals surface area contributed by atoms with Gasteiger partial charge in [-0.05, 0) is 18.9 Å². The lowest BCUT2D eigenvalue weighted by Crippen LogP contribution is -2.03. The van der Waals surface area contributed by atoms with Crippen LogP contribution < -0.4 is 4.74 Å². The molecule has 96 valence electrons. The SMILES string of the molecule is CCCCCCOc1ccccc1C(O)CC. The van der Waals surface area contributed by atoms with Gasteiger partial charge in [0.2, 0.25) is 0 Å². The Labute approximate surface area is 105 Å². The van der Waals surface area contributed by atoms with Crippen molar-refractivity contribution in [1.82, 2.24) is 0 Å². The Kier molecular flexibility index (Phi) is 6.71. The summed E-state index contributed by atoms with van der Waals surface area (Å²) in [6, 6.07) is 7.77. The van der Waals surface area contributed by atoms with Gasteiger partial charge in [0, 0.05) is 5.56 Å². The molecule has 0 fully saturated rings. The predicted molar refractivity (Wildman–Crippen MR) is 71.3 cm³/mol. The Morgan fingerprint density at radius 3 is 2.59 bits per heavy atom. The summed E-state index contributed by atoms with van der Waals surface area (Å²) in [5.41, 5.74) is 0.908. The molecule has 0 saturated heterocycles. The number of para-hydroxylation sites is 1. The second-order valence-electron chi connectivity index (χ2n) is 4.37. The Bertz CT molecular complexity index is 310. The summed E-state index contributed by atoms with van der Waals surface area (Å²) < 4.78 is 5.75. The molecule has 0 aliphatic heterocycles. The third-order valence-corrected chi connectivity index (χ3v) is 2.92. The van der Waals surface area contributed by atoms with Gasteiger partial charge in [-0.2, -0.15) is 0 Å². The first kappa shape index (κ1) is 14.0. The maximum absolute atomic E-state index is 9.87. The van der Waals surface area contributed by atoms with E-state index in [1.807, 2.05) is 31.2 Å². The van der Waals surface area contributed by atoms with E-state index in [2.05, 4.69) is 6.92 Å². The van der Waals surface area contributed by atoms with Crippen LogP contribution in [-0.4, -0.2) is 11.7 Å². The van der Waals surface area contributed by atoms with E-state index in [1.54, 1.807) is 0 Å². The van der Waals surface area contributed by atoms with Crippen molar-refractivity contribution in [3.63, 3.8) is 0 Å². The molecule has 1 N–H and O–H groups in total. The molecule has 2 nitrogen and oxygen atoms in total. The first-order valence-corrected chi connectivity index (χ1v) is 6.69. The molecule has 1 atom stereocenters. The number of unbranched alkanes of at least 4 members (excludes halogenated alkanes) is 3. The summed E-state index contributed by atoms with van der Waals surface area (Å²) in [7, 11) is 0. The molecule has 1 aromatic carbocycles. The fourth-order valence-corrected chi connectivity index (χ4v) is 1.82. The van der Waals surface area contributed by atoms with E-state index < -0.39 is 6.10 Å². The Morgan fingerprint density at radius 1 is 1.12 bits per heavy atom. The maximum Gasteiger partial charge on any atom is 0.125 e. The largest absolute Gasteiger partial charge is 0.493 e. The standard InChI is InChI=1S/C15H24O2/c1-3-5-6-9-12-17-15-11-8-7-10-13(15)14(16)4-2/h7-8,10-11,14,16H,3-6,9,12H2,1-2H3. The number of hydrogen-bond acceptors (Lipinski definition) is 2. The molecule has 1 unspecified atom stereocenters. The minimum Gasteiger partial charge on any atom is -0.493 e. The molecule has 0 saturated carbocycles. The van der Waals surface area contributed by atoms with Gasteiger partial charge in [-0.1, -0.05) is 51.3 Å². The van der Waals surface area contributed by atoms with E-state index in [0.29, 0.717) is 0 Å². The topological polar surface area (TPSA) is 29.5 Å². The average molecular weight is 236 g/mol. The lowest BCUT2D eigenvalue weighted by atomic mass is 10.1. The minimum atomic E-state index is -0.415. The quantitative estimate of drug-likeness (QED) is 0.689. The van der Waals surface area contributed by atoms with Crippen molar-refractivity contribution in [3.8, 4) is 5.75 Å². The summed E-state index contributed by atoms with van der Waals surface area (Å²) in [6.07, 6.45) is 5.12. The van der Waals surface area contributed by atoms with Gasteiger partial charge in [0.15, 0.2) is 0 Å². The molecule has 2 heteroatoms. The Hall–Kier alpha value is -1.02. The molecule has 0 bridgehead atoms. The van der Waals surface area contributed by atoms with E-state index in [1.165, 1.54) is 19.3 Å². The normalized spacial score (nSPS) is 12.4. The molecule has 0 aliphatic rings. The van der Waals surface area contributed by atoms with Crippen LogP contribution in [0.3, 0.4) is 0 Å². The first-order valence-electron chi connectivity index (χ1n) is 6.69. The fraction of sp³-hybridized carbons (Fsp3) is 0.600. The maximum atomic E-state index is 9.87. The van der Waals surface area contributed by atoms with E-state index in [-0.39, 0.29) is 0 Å². The highest BCUT2D eigenvalue weighted by atomic mass is 16.5. The van der Waals surface area contributed by atoms with Gasteiger partial charge in [0.25, 0.3) is 0 Å². The number of rotatable bonds is 8. The van der Waals surface area contributed by atoms with E-state index in [0.717, 1.165) is 30.8 Å². The lowest BCUT2D eigenvalue weighted by Gasteiger charge is -2.14. The lowest BCUT2D eigenvalue weighted by molar-refractivity contribution is 0.167. The molecule has 0 heterocycles. The molecule has 1 rings (SSSR count). The summed E-state index contributed by atoms with van der Waals surface area (Å²) in [6.45, 7) is 4.92. The smallest absolute Gasteiger partial charge is 0.125 e. The van der Waals surface area contributed by atoms with Crippen LogP contribution in [0.25, 0.3) is 0 Å². The molecular weight excluding hydrogens is 212 g/mol. The Balaban J connectivity index is 2.46. The van der Waals surface area contributed by atoms with Crippen LogP contribution >= 0.6 is 0 Å². The van der Waals surface area contributed by atoms with Gasteiger partial charge in [-0.25, -0.2) is 0 Å². The van der Waals surface area contributed by atoms with Crippen LogP contribution in [-0.2, 0) is 0 Å². The van der Waals surface area contributed by atoms with Crippen LogP contribution in [0.2, 0.25) is 0 Å². The average Bonchev–Trinajstić information content (AvgIpc) is 2.38. The minimum absolute atomic E-state index is 0.415. The van der Waals surface area contributed by atoms with Crippen molar-refractivity contribution in [3.05, 3.63) is 29.8 Å². The van der Waals surface area contributed by atoms with Gasteiger partial charge < -0.3 is 9.84 Å². The van der Waals surface area contributed by atoms with E-state index >= 15 is 0 Å². The van der Waals surface area contributed by atoms with Crippen molar-refractivity contribution in [2.24, 2.45) is 0 Å². The van der Waals surface area contributed by atoms with Gasteiger partial charge in [-0.3, -0.25) is 0 Å². The highest BCUT2D eigenvalue weighted by Crippen LogP contribution is 2.26. The number of ether oxygens (including phenoxy) is 1. The molecule has 1 aromatic rings. The van der Waals surface area contributed by atoms with E-state index in [4.69, 9.17) is 4.74 Å². The van der Waals surface area contributed by atoms with Crippen molar-refractivity contribution in [2.45, 2.75) is 52.1 Å². The third kappa shape index (κ3) is 4.78. The summed E-state index contributed by atoms with van der Waals surface area (Å²) >= 11 is 0. The highest BCUT2D eigenvalue weighted by molar-refractivity contribution is 5.34. The Morgan fingerprint density at radius 2 is 1.88 bits per heavy atom. The molecule has 0 spiro atoms. The summed E-state index contributed by atoms with van der Waals surface area (Å²) in [5.74, 6) is 0.832. The second kappa shape index (κ2) is 8.13. The summed E-state index contributed by atoms with van der Waals surface area (Å²) in [4.78, 5) is 0. The van der Waals surface area contributed by atoms with Crippen molar-refractivity contribution < 1.29 is 9.84 Å². The molecule has 0 amide bonds. The van der Waals surface area contributed by atoms with Gasteiger partial charge in [0.1, 0.15) is 5.75 Å². The van der Waals surface area contributed by atoms with Crippen molar-refractivity contribution in [2.75, 3.05) is 6.61 Å². The number of aliphatic hydroxyl groups excluding tert-OH is 1. The highest BCUT2D eigenvalue weighted by Gasteiger charge is 2.10. The fourth-order valence-electron chi connectivity index (χ4n) is 1.82. The van der Waals surface area contributed by atoms with Gasteiger partial charge in [-0.15, -0.1) is 0 Å². The predicted octanol–water partition coefficient (Wildman–Crippen LogP) is 4.09. The van der Waals surface area contributed by atoms with Crippen molar-refractivity contribution >= 4 is 0 Å². The van der Waals surface area contributed by atoms with Gasteiger partial charge >= 0.3 is 0 Å². The van der Waals surface area contributed by atoms with Crippen LogP contribution in [0.1, 0.15) is 57.6 Å². The van der Waals surface area contributed by atoms with E-state index in [9.17, 15) is 5.11 Å². The monoisotopic (exact) mass is 236 g/mol. The molecule has 17 heavy (non-hydrogen) atoms. The molecule has 0 aromatic heterocycles. The molecule has 0 aliphatic carbocycles. The summed E-state index contributed by atoms with van der Waals surface area (Å²) in [5, 5.41) is 9.87. The molecule has 0 radical (unpaired) electrons. The third-order valence-electron chi connectivity index (χ3n) is 2.92. The van der Waals surface area contributed by atoms with Crippen molar-refractivity contribution in [1.29, 1.82) is 0 Å². The first-order chi connectivity index (χ1) is 8.29. The van der Waals surface area contributed by atoms with Crippen LogP contribution in [0.5, 0.6) is 5.75 Å². The number of benzene rings is 1. The second-order valence-corrected chi connectivity index (χ2v) is 4.37. The van der Waals surface area contributed by atoms with Crippen LogP contribution in [0.4, 0.5) is 0 Å². The zero-order valence-corrected chi connectivity index (χ0v) is 11.0. The zero-order valence-electron chi connectivity index (χ0n) is 11.0. The van der Waals surface area contributed by atoms with Crippen LogP contribution in [0.15, 0.2) is 24.3 Å². The number of aliphatic hydroxyl groups is 1. The molecular formula is C15H24O2. The zero-order chi connectivity index (χ0) is 12.5.